The number of allylic oxidation sites excluding steroid dienone is 2. The van der Waals surface area contributed by atoms with Gasteiger partial charge in [-0.3, -0.25) is 0 Å². The van der Waals surface area contributed by atoms with Crippen LogP contribution in [0.2, 0.25) is 0 Å². The highest BCUT2D eigenvalue weighted by Crippen LogP contribution is 2.24. The van der Waals surface area contributed by atoms with Crippen LogP contribution in [0.25, 0.3) is 0 Å². The number of hydrogen-bond donors (Lipinski definition) is 1. The molecular weight excluding hydrogens is 196 g/mol. The summed E-state index contributed by atoms with van der Waals surface area (Å²) in [4.78, 5) is 2.11. The molecule has 2 rings (SSSR count). The Hall–Kier alpha value is -1.83. The molecule has 0 fully saturated rings. The third kappa shape index (κ3) is 1.91. The lowest BCUT2D eigenvalue weighted by Crippen LogP contribution is -2.31. The van der Waals surface area contributed by atoms with E-state index in [0.29, 0.717) is 0 Å². The molecule has 2 nitrogen and oxygen atoms in total. The van der Waals surface area contributed by atoms with Gasteiger partial charge in [-0.2, -0.15) is 0 Å². The predicted molar refractivity (Wildman–Crippen MR) is 69.2 cm³/mol. The molecule has 1 aromatic rings. The number of nitrogens with one attached hydrogen (secondary N) is 1. The van der Waals surface area contributed by atoms with Crippen LogP contribution in [0, 0.1) is 19.3 Å². The quantitative estimate of drug-likeness (QED) is 0.749. The summed E-state index contributed by atoms with van der Waals surface area (Å²) in [6.45, 7) is 4.20. The summed E-state index contributed by atoms with van der Waals surface area (Å²) in [5.41, 5.74) is 3.68. The van der Waals surface area contributed by atoms with Crippen LogP contribution < -0.4 is 4.90 Å². The highest BCUT2D eigenvalue weighted by atomic mass is 15.1. The topological polar surface area (TPSA) is 27.1 Å². The van der Waals surface area contributed by atoms with E-state index in [1.54, 1.807) is 0 Å². The lowest BCUT2D eigenvalue weighted by Gasteiger charge is -2.29. The maximum atomic E-state index is 7.44. The van der Waals surface area contributed by atoms with Crippen molar-refractivity contribution in [1.82, 2.24) is 0 Å². The average molecular weight is 212 g/mol. The summed E-state index contributed by atoms with van der Waals surface area (Å²) in [5, 5.41) is 7.44. The molecule has 1 unspecified atom stereocenters. The van der Waals surface area contributed by atoms with E-state index in [0.717, 1.165) is 0 Å². The van der Waals surface area contributed by atoms with E-state index >= 15 is 0 Å². The van der Waals surface area contributed by atoms with Crippen molar-refractivity contribution >= 4 is 11.9 Å². The van der Waals surface area contributed by atoms with E-state index in [1.165, 1.54) is 23.0 Å². The van der Waals surface area contributed by atoms with E-state index in [9.17, 15) is 0 Å². The molecule has 1 aromatic carbocycles. The lowest BCUT2D eigenvalue weighted by atomic mass is 10.1. The number of hydrogen-bond acceptors (Lipinski definition) is 2. The average Bonchev–Trinajstić information content (AvgIpc) is 2.29. The molecule has 1 atom stereocenters. The van der Waals surface area contributed by atoms with Gasteiger partial charge < -0.3 is 10.3 Å². The minimum atomic E-state index is 0.0337. The molecule has 0 spiro atoms. The van der Waals surface area contributed by atoms with Crippen LogP contribution >= 0.6 is 0 Å². The summed E-state index contributed by atoms with van der Waals surface area (Å²) in [6, 6.07) is 6.43. The van der Waals surface area contributed by atoms with Gasteiger partial charge in [-0.15, -0.1) is 0 Å². The monoisotopic (exact) mass is 212 g/mol. The van der Waals surface area contributed by atoms with Crippen molar-refractivity contribution in [3.63, 3.8) is 0 Å². The zero-order valence-electron chi connectivity index (χ0n) is 9.64. The van der Waals surface area contributed by atoms with Crippen molar-refractivity contribution in [1.29, 1.82) is 5.41 Å². The number of aryl methyl sites for hydroxylation is 2. The van der Waals surface area contributed by atoms with E-state index < -0.39 is 0 Å². The molecular formula is C14H16N2. The van der Waals surface area contributed by atoms with Crippen molar-refractivity contribution in [2.45, 2.75) is 19.9 Å². The molecule has 0 radical (unpaired) electrons. The molecule has 1 aliphatic rings. The van der Waals surface area contributed by atoms with Crippen molar-refractivity contribution in [2.75, 3.05) is 4.90 Å². The lowest BCUT2D eigenvalue weighted by molar-refractivity contribution is 0.965. The van der Waals surface area contributed by atoms with Crippen molar-refractivity contribution in [3.8, 4) is 0 Å². The molecule has 16 heavy (non-hydrogen) atoms. The first-order chi connectivity index (χ1) is 7.72. The van der Waals surface area contributed by atoms with Gasteiger partial charge in [-0.25, -0.2) is 0 Å². The zero-order valence-corrected chi connectivity index (χ0v) is 9.64. The highest BCUT2D eigenvalue weighted by molar-refractivity contribution is 5.74. The first-order valence-corrected chi connectivity index (χ1v) is 5.43. The molecule has 1 N–H and O–H groups in total. The smallest absolute Gasteiger partial charge is 0.0867 e. The van der Waals surface area contributed by atoms with Gasteiger partial charge in [0.1, 0.15) is 0 Å². The highest BCUT2D eigenvalue weighted by Gasteiger charge is 2.15. The van der Waals surface area contributed by atoms with Gasteiger partial charge >= 0.3 is 0 Å². The van der Waals surface area contributed by atoms with Crippen LogP contribution in [0.4, 0.5) is 5.69 Å². The molecule has 0 bridgehead atoms. The zero-order chi connectivity index (χ0) is 11.5. The Balaban J connectivity index is 2.39. The largest absolute Gasteiger partial charge is 0.336 e. The van der Waals surface area contributed by atoms with Crippen molar-refractivity contribution in [3.05, 3.63) is 53.8 Å². The number of nitrogens with zero attached hydrogens (tertiary/aromatic N) is 1. The van der Waals surface area contributed by atoms with E-state index in [-0.39, 0.29) is 6.04 Å². The van der Waals surface area contributed by atoms with Crippen LogP contribution in [0.1, 0.15) is 11.1 Å². The number of rotatable bonds is 2. The van der Waals surface area contributed by atoms with Gasteiger partial charge in [0.25, 0.3) is 0 Å². The summed E-state index contributed by atoms with van der Waals surface area (Å²) < 4.78 is 0. The summed E-state index contributed by atoms with van der Waals surface area (Å²) in [7, 11) is 0. The van der Waals surface area contributed by atoms with Crippen molar-refractivity contribution in [2.24, 2.45) is 0 Å². The molecule has 0 aliphatic carbocycles. The molecule has 0 saturated heterocycles. The maximum absolute atomic E-state index is 7.44. The molecule has 0 amide bonds. The molecule has 0 aromatic heterocycles. The normalized spacial score (nSPS) is 18.9. The number of anilines is 1. The summed E-state index contributed by atoms with van der Waals surface area (Å²) >= 11 is 0. The minimum Gasteiger partial charge on any atom is -0.336 e. The SMILES string of the molecule is Cc1ccc(N2C=CC=CC2C=N)c(C)c1. The van der Waals surface area contributed by atoms with E-state index in [4.69, 9.17) is 5.41 Å². The van der Waals surface area contributed by atoms with Crippen LogP contribution in [-0.2, 0) is 0 Å². The Morgan fingerprint density at radius 3 is 2.75 bits per heavy atom. The Morgan fingerprint density at radius 2 is 2.06 bits per heavy atom. The first-order valence-electron chi connectivity index (χ1n) is 5.43. The predicted octanol–water partition coefficient (Wildman–Crippen LogP) is 3.21. The van der Waals surface area contributed by atoms with E-state index in [2.05, 4.69) is 36.9 Å². The first kappa shape index (κ1) is 10.7. The van der Waals surface area contributed by atoms with E-state index in [1.807, 2.05) is 24.4 Å². The molecule has 82 valence electrons. The van der Waals surface area contributed by atoms with Crippen LogP contribution in [-0.4, -0.2) is 12.3 Å². The second kappa shape index (κ2) is 4.35. The van der Waals surface area contributed by atoms with Gasteiger partial charge in [0.05, 0.1) is 6.04 Å². The number of benzene rings is 1. The van der Waals surface area contributed by atoms with Crippen LogP contribution in [0.15, 0.2) is 42.6 Å². The van der Waals surface area contributed by atoms with Gasteiger partial charge in [0.2, 0.25) is 0 Å². The fourth-order valence-corrected chi connectivity index (χ4v) is 1.98. The van der Waals surface area contributed by atoms with Gasteiger partial charge in [-0.1, -0.05) is 29.8 Å². The second-order valence-electron chi connectivity index (χ2n) is 4.08. The summed E-state index contributed by atoms with van der Waals surface area (Å²) in [5.74, 6) is 0. The Kier molecular flexibility index (Phi) is 2.91. The van der Waals surface area contributed by atoms with Gasteiger partial charge in [0, 0.05) is 18.1 Å². The Bertz CT molecular complexity index is 458. The minimum absolute atomic E-state index is 0.0337. The van der Waals surface area contributed by atoms with Crippen LogP contribution in [0.5, 0.6) is 0 Å². The Morgan fingerprint density at radius 1 is 1.25 bits per heavy atom. The van der Waals surface area contributed by atoms with Gasteiger partial charge in [-0.05, 0) is 31.6 Å². The molecule has 2 heteroatoms. The third-order valence-electron chi connectivity index (χ3n) is 2.79. The molecule has 0 saturated carbocycles. The second-order valence-corrected chi connectivity index (χ2v) is 4.08. The third-order valence-corrected chi connectivity index (χ3v) is 2.79. The maximum Gasteiger partial charge on any atom is 0.0867 e. The fraction of sp³-hybridized carbons (Fsp3) is 0.214. The van der Waals surface area contributed by atoms with Crippen LogP contribution in [0.3, 0.4) is 0 Å². The Labute approximate surface area is 96.4 Å². The fourth-order valence-electron chi connectivity index (χ4n) is 1.98. The molecule has 1 heterocycles. The summed E-state index contributed by atoms with van der Waals surface area (Å²) in [6.07, 6.45) is 9.48. The van der Waals surface area contributed by atoms with Gasteiger partial charge in [0.15, 0.2) is 0 Å². The van der Waals surface area contributed by atoms with Crippen molar-refractivity contribution < 1.29 is 0 Å². The standard InChI is InChI=1S/C14H16N2/c1-11-6-7-14(12(2)9-11)16-8-4-3-5-13(16)10-15/h3-10,13,15H,1-2H3. The molecule has 1 aliphatic heterocycles.